The lowest BCUT2D eigenvalue weighted by Crippen LogP contribution is -2.49. The van der Waals surface area contributed by atoms with Crippen molar-refractivity contribution in [2.45, 2.75) is 19.1 Å². The summed E-state index contributed by atoms with van der Waals surface area (Å²) >= 11 is 0. The van der Waals surface area contributed by atoms with Gasteiger partial charge < -0.3 is 9.47 Å². The molecule has 4 nitrogen and oxygen atoms in total. The Hall–Kier alpha value is -0.160. The van der Waals surface area contributed by atoms with Crippen LogP contribution in [0.25, 0.3) is 0 Å². The molecule has 1 atom stereocenters. The monoisotopic (exact) mass is 214 g/mol. The highest BCUT2D eigenvalue weighted by Crippen LogP contribution is 2.17. The Labute approximate surface area is 91.9 Å². The fourth-order valence-corrected chi connectivity index (χ4v) is 2.34. The predicted molar refractivity (Wildman–Crippen MR) is 58.8 cm³/mol. The zero-order valence-electron chi connectivity index (χ0n) is 9.58. The van der Waals surface area contributed by atoms with Gasteiger partial charge in [-0.2, -0.15) is 0 Å². The second-order valence-corrected chi connectivity index (χ2v) is 4.46. The van der Waals surface area contributed by atoms with Gasteiger partial charge in [0, 0.05) is 32.8 Å². The van der Waals surface area contributed by atoms with Crippen LogP contribution in [0.1, 0.15) is 12.8 Å². The number of nitrogens with zero attached hydrogens (tertiary/aromatic N) is 1. The number of hydrogen-bond acceptors (Lipinski definition) is 4. The summed E-state index contributed by atoms with van der Waals surface area (Å²) in [5, 5.41) is 3.18. The molecular formula is C11H22N2O2. The van der Waals surface area contributed by atoms with Crippen LogP contribution in [0.4, 0.5) is 0 Å². The first-order chi connectivity index (χ1) is 7.38. The van der Waals surface area contributed by atoms with E-state index in [0.717, 1.165) is 38.8 Å². The average molecular weight is 214 g/mol. The van der Waals surface area contributed by atoms with Crippen molar-refractivity contribution in [3.8, 4) is 0 Å². The number of rotatable bonds is 3. The number of likely N-dealkylation sites (N-methyl/N-ethyl adjacent to an activating group) is 1. The highest BCUT2D eigenvalue weighted by Gasteiger charge is 2.22. The molecule has 0 aromatic heterocycles. The average Bonchev–Trinajstić information content (AvgIpc) is 2.31. The van der Waals surface area contributed by atoms with Crippen LogP contribution in [-0.2, 0) is 9.47 Å². The molecule has 0 aromatic carbocycles. The van der Waals surface area contributed by atoms with E-state index in [4.69, 9.17) is 9.47 Å². The van der Waals surface area contributed by atoms with Crippen LogP contribution in [0, 0.1) is 5.92 Å². The number of hydrogen-bond donors (Lipinski definition) is 1. The lowest BCUT2D eigenvalue weighted by Gasteiger charge is -2.35. The van der Waals surface area contributed by atoms with E-state index in [1.165, 1.54) is 19.4 Å². The highest BCUT2D eigenvalue weighted by atomic mass is 16.5. The minimum Gasteiger partial charge on any atom is -0.381 e. The smallest absolute Gasteiger partial charge is 0.120 e. The van der Waals surface area contributed by atoms with Crippen LogP contribution in [0.15, 0.2) is 0 Å². The maximum Gasteiger partial charge on any atom is 0.120 e. The van der Waals surface area contributed by atoms with Gasteiger partial charge in [-0.25, -0.2) is 0 Å². The van der Waals surface area contributed by atoms with Gasteiger partial charge >= 0.3 is 0 Å². The predicted octanol–water partition coefficient (Wildman–Crippen LogP) is 0.291. The number of nitrogens with one attached hydrogen (secondary N) is 1. The summed E-state index contributed by atoms with van der Waals surface area (Å²) in [7, 11) is 1.96. The molecule has 1 N–H and O–H groups in total. The molecule has 88 valence electrons. The summed E-state index contributed by atoms with van der Waals surface area (Å²) in [6, 6.07) is 0. The molecule has 15 heavy (non-hydrogen) atoms. The molecule has 0 aliphatic carbocycles. The fraction of sp³-hybridized carbons (Fsp3) is 1.00. The second kappa shape index (κ2) is 5.80. The Kier molecular flexibility index (Phi) is 4.38. The fourth-order valence-electron chi connectivity index (χ4n) is 2.34. The van der Waals surface area contributed by atoms with Crippen molar-refractivity contribution < 1.29 is 9.47 Å². The molecular weight excluding hydrogens is 192 g/mol. The molecule has 1 unspecified atom stereocenters. The summed E-state index contributed by atoms with van der Waals surface area (Å²) in [6.45, 7) is 6.07. The van der Waals surface area contributed by atoms with Gasteiger partial charge in [0.05, 0.1) is 6.61 Å². The Balaban J connectivity index is 1.72. The van der Waals surface area contributed by atoms with Crippen molar-refractivity contribution in [1.82, 2.24) is 10.2 Å². The molecule has 2 saturated heterocycles. The van der Waals surface area contributed by atoms with Crippen LogP contribution < -0.4 is 5.32 Å². The van der Waals surface area contributed by atoms with E-state index in [9.17, 15) is 0 Å². The molecule has 2 aliphatic heterocycles. The summed E-state index contributed by atoms with van der Waals surface area (Å²) in [5.74, 6) is 0.828. The number of ether oxygens (including phenoxy) is 2. The number of morpholine rings is 1. The van der Waals surface area contributed by atoms with Gasteiger partial charge in [-0.05, 0) is 25.8 Å². The van der Waals surface area contributed by atoms with Crippen molar-refractivity contribution in [3.05, 3.63) is 0 Å². The SMILES string of the molecule is CNC1CN(CC2CCOCC2)CCO1. The van der Waals surface area contributed by atoms with E-state index in [0.29, 0.717) is 0 Å². The van der Waals surface area contributed by atoms with Gasteiger partial charge in [-0.15, -0.1) is 0 Å². The van der Waals surface area contributed by atoms with Gasteiger partial charge in [0.2, 0.25) is 0 Å². The van der Waals surface area contributed by atoms with Gasteiger partial charge in [-0.1, -0.05) is 0 Å². The van der Waals surface area contributed by atoms with Crippen LogP contribution in [-0.4, -0.2) is 57.6 Å². The maximum absolute atomic E-state index is 5.57. The molecule has 2 aliphatic rings. The Morgan fingerprint density at radius 1 is 1.27 bits per heavy atom. The standard InChI is InChI=1S/C11H22N2O2/c1-12-11-9-13(4-7-15-11)8-10-2-5-14-6-3-10/h10-12H,2-9H2,1H3. The van der Waals surface area contributed by atoms with E-state index < -0.39 is 0 Å². The molecule has 2 fully saturated rings. The lowest BCUT2D eigenvalue weighted by atomic mass is 9.99. The molecule has 0 saturated carbocycles. The van der Waals surface area contributed by atoms with Gasteiger partial charge in [-0.3, -0.25) is 10.2 Å². The maximum atomic E-state index is 5.57. The van der Waals surface area contributed by atoms with Crippen molar-refractivity contribution in [2.24, 2.45) is 5.92 Å². The van der Waals surface area contributed by atoms with Gasteiger partial charge in [0.25, 0.3) is 0 Å². The van der Waals surface area contributed by atoms with Crippen LogP contribution in [0.3, 0.4) is 0 Å². The molecule has 2 heterocycles. The summed E-state index contributed by atoms with van der Waals surface area (Å²) < 4.78 is 10.9. The topological polar surface area (TPSA) is 33.7 Å². The lowest BCUT2D eigenvalue weighted by molar-refractivity contribution is -0.0510. The van der Waals surface area contributed by atoms with Crippen molar-refractivity contribution in [2.75, 3.05) is 46.5 Å². The third-order valence-electron chi connectivity index (χ3n) is 3.33. The van der Waals surface area contributed by atoms with Crippen molar-refractivity contribution in [3.63, 3.8) is 0 Å². The molecule has 0 spiro atoms. The van der Waals surface area contributed by atoms with E-state index in [2.05, 4.69) is 10.2 Å². The normalized spacial score (nSPS) is 30.6. The molecule has 0 amide bonds. The Bertz CT molecular complexity index is 183. The van der Waals surface area contributed by atoms with Gasteiger partial charge in [0.1, 0.15) is 6.23 Å². The third-order valence-corrected chi connectivity index (χ3v) is 3.33. The zero-order chi connectivity index (χ0) is 10.5. The van der Waals surface area contributed by atoms with Gasteiger partial charge in [0.15, 0.2) is 0 Å². The van der Waals surface area contributed by atoms with E-state index >= 15 is 0 Å². The Morgan fingerprint density at radius 2 is 2.07 bits per heavy atom. The second-order valence-electron chi connectivity index (χ2n) is 4.46. The minimum atomic E-state index is 0.221. The first-order valence-corrected chi connectivity index (χ1v) is 5.97. The summed E-state index contributed by atoms with van der Waals surface area (Å²) in [4.78, 5) is 2.51. The van der Waals surface area contributed by atoms with E-state index in [1.54, 1.807) is 0 Å². The quantitative estimate of drug-likeness (QED) is 0.732. The third kappa shape index (κ3) is 3.41. The Morgan fingerprint density at radius 3 is 2.80 bits per heavy atom. The first-order valence-electron chi connectivity index (χ1n) is 5.97. The van der Waals surface area contributed by atoms with Crippen molar-refractivity contribution >= 4 is 0 Å². The molecule has 0 radical (unpaired) electrons. The van der Waals surface area contributed by atoms with Crippen LogP contribution >= 0.6 is 0 Å². The van der Waals surface area contributed by atoms with E-state index in [1.807, 2.05) is 7.05 Å². The molecule has 0 bridgehead atoms. The van der Waals surface area contributed by atoms with Crippen LogP contribution in [0.5, 0.6) is 0 Å². The van der Waals surface area contributed by atoms with E-state index in [-0.39, 0.29) is 6.23 Å². The highest BCUT2D eigenvalue weighted by molar-refractivity contribution is 4.73. The molecule has 2 rings (SSSR count). The minimum absolute atomic E-state index is 0.221. The first kappa shape index (κ1) is 11.3. The summed E-state index contributed by atoms with van der Waals surface area (Å²) in [6.07, 6.45) is 2.67. The largest absolute Gasteiger partial charge is 0.381 e. The summed E-state index contributed by atoms with van der Waals surface area (Å²) in [5.41, 5.74) is 0. The zero-order valence-corrected chi connectivity index (χ0v) is 9.58. The molecule has 4 heteroatoms. The van der Waals surface area contributed by atoms with Crippen molar-refractivity contribution in [1.29, 1.82) is 0 Å². The van der Waals surface area contributed by atoms with Crippen LogP contribution in [0.2, 0.25) is 0 Å². The molecule has 0 aromatic rings.